The number of ether oxygens (including phenoxy) is 2. The molecular formula is C76H116N2O4S2. The number of fused-ring (bicyclic) bond motifs is 1. The second kappa shape index (κ2) is 41.1. The van der Waals surface area contributed by atoms with Crippen LogP contribution in [0.25, 0.3) is 11.4 Å². The lowest BCUT2D eigenvalue weighted by molar-refractivity contribution is -0.124. The number of unbranched alkanes of at least 4 members (excludes halogenated alkanes) is 26. The number of rotatable bonds is 50. The van der Waals surface area contributed by atoms with Gasteiger partial charge in [-0.05, 0) is 150 Å². The third-order valence-electron chi connectivity index (χ3n) is 18.0. The molecule has 0 radical (unpaired) electrons. The number of benzene rings is 2. The number of carbonyl (C=O) groups is 2. The summed E-state index contributed by atoms with van der Waals surface area (Å²) >= 11 is 3.35. The van der Waals surface area contributed by atoms with E-state index in [1.54, 1.807) is 22.7 Å². The van der Waals surface area contributed by atoms with Crippen LogP contribution in [-0.4, -0.2) is 47.9 Å². The predicted octanol–water partition coefficient (Wildman–Crippen LogP) is 22.8. The van der Waals surface area contributed by atoms with Gasteiger partial charge in [-0.1, -0.05) is 232 Å². The van der Waals surface area contributed by atoms with Gasteiger partial charge in [-0.2, -0.15) is 0 Å². The minimum atomic E-state index is -0.0362. The van der Waals surface area contributed by atoms with Crippen LogP contribution in [0.3, 0.4) is 0 Å². The fourth-order valence-electron chi connectivity index (χ4n) is 12.8. The molecule has 2 amide bonds. The van der Waals surface area contributed by atoms with Crippen molar-refractivity contribution in [1.82, 2.24) is 9.80 Å². The molecule has 2 atom stereocenters. The van der Waals surface area contributed by atoms with Gasteiger partial charge in [-0.3, -0.25) is 9.59 Å². The van der Waals surface area contributed by atoms with E-state index < -0.39 is 0 Å². The molecule has 2 aromatic heterocycles. The third-order valence-corrected chi connectivity index (χ3v) is 20.0. The summed E-state index contributed by atoms with van der Waals surface area (Å²) in [4.78, 5) is 38.2. The summed E-state index contributed by atoms with van der Waals surface area (Å²) in [6.07, 6.45) is 48.5. The average molecular weight is 1190 g/mol. The Labute approximate surface area is 521 Å². The summed E-state index contributed by atoms with van der Waals surface area (Å²) in [5.41, 5.74) is 5.36. The minimum Gasteiger partial charge on any atom is -0.493 e. The first-order chi connectivity index (χ1) is 41.2. The van der Waals surface area contributed by atoms with Crippen LogP contribution < -0.4 is 9.47 Å². The van der Waals surface area contributed by atoms with E-state index in [-0.39, 0.29) is 11.8 Å². The maximum absolute atomic E-state index is 15.0. The van der Waals surface area contributed by atoms with Crippen LogP contribution in [-0.2, 0) is 22.4 Å². The Morgan fingerprint density at radius 2 is 0.655 bits per heavy atom. The molecule has 2 aliphatic rings. The second-order valence-corrected chi connectivity index (χ2v) is 28.0. The van der Waals surface area contributed by atoms with Crippen molar-refractivity contribution >= 4 is 45.9 Å². The smallest absolute Gasteiger partial charge is 0.261 e. The second-order valence-electron chi connectivity index (χ2n) is 25.4. The molecule has 4 aromatic rings. The van der Waals surface area contributed by atoms with Gasteiger partial charge in [0, 0.05) is 22.8 Å². The first-order valence-corrected chi connectivity index (χ1v) is 36.6. The summed E-state index contributed by atoms with van der Waals surface area (Å²) < 4.78 is 13.0. The number of nitrogens with zero attached hydrogens (tertiary/aromatic N) is 2. The largest absolute Gasteiger partial charge is 0.493 e. The number of carbonyl (C=O) groups excluding carboxylic acids is 2. The van der Waals surface area contributed by atoms with Gasteiger partial charge >= 0.3 is 0 Å². The Morgan fingerprint density at radius 1 is 0.357 bits per heavy atom. The zero-order chi connectivity index (χ0) is 59.4. The van der Waals surface area contributed by atoms with Gasteiger partial charge < -0.3 is 19.3 Å². The number of hydrogen-bond donors (Lipinski definition) is 0. The van der Waals surface area contributed by atoms with E-state index in [1.807, 2.05) is 9.80 Å². The van der Waals surface area contributed by atoms with Crippen LogP contribution in [0.15, 0.2) is 83.9 Å². The van der Waals surface area contributed by atoms with E-state index in [1.165, 1.54) is 226 Å². The summed E-state index contributed by atoms with van der Waals surface area (Å²) in [5.74, 6) is 3.12. The number of amides is 2. The zero-order valence-electron chi connectivity index (χ0n) is 54.1. The van der Waals surface area contributed by atoms with Crippen LogP contribution in [0.1, 0.15) is 289 Å². The topological polar surface area (TPSA) is 59.1 Å². The lowest BCUT2D eigenvalue weighted by atomic mass is 9.94. The first-order valence-electron chi connectivity index (χ1n) is 34.9. The standard InChI is InChI=1S/C76H116N2O4S2/c1-7-11-15-19-23-25-29-33-43-65(41-31-27-21-17-13-9-3)59-81-67-51-47-63(48-52-67)39-35-37-57-77-73(69-55-45-61(5)83-69)71-72(75(77)79)74(70-56-46-62(6)84-70)78(76(71)80)58-38-36-40-64-49-53-68(54-50-64)82-60-66(42-32-28-22-18-14-10-4)44-34-30-26-24-20-16-12-8-2/h45-56,65-66H,7-44,57-60H2,1-6H3. The van der Waals surface area contributed by atoms with E-state index in [2.05, 4.69) is 114 Å². The van der Waals surface area contributed by atoms with Crippen LogP contribution in [0.2, 0.25) is 0 Å². The van der Waals surface area contributed by atoms with Gasteiger partial charge in [0.2, 0.25) is 0 Å². The van der Waals surface area contributed by atoms with Crippen molar-refractivity contribution in [3.05, 3.63) is 115 Å². The molecule has 2 unspecified atom stereocenters. The first kappa shape index (κ1) is 69.0. The van der Waals surface area contributed by atoms with E-state index in [9.17, 15) is 9.59 Å². The fourth-order valence-corrected chi connectivity index (χ4v) is 14.6. The summed E-state index contributed by atoms with van der Waals surface area (Å²) in [6.45, 7) is 16.2. The maximum Gasteiger partial charge on any atom is 0.261 e. The molecule has 0 saturated heterocycles. The quantitative estimate of drug-likeness (QED) is 0.0414. The van der Waals surface area contributed by atoms with Crippen molar-refractivity contribution in [2.45, 2.75) is 286 Å². The maximum atomic E-state index is 15.0. The number of aryl methyl sites for hydroxylation is 4. The monoisotopic (exact) mass is 1180 g/mol. The molecular weight excluding hydrogens is 1070 g/mol. The van der Waals surface area contributed by atoms with Gasteiger partial charge in [0.05, 0.1) is 45.5 Å². The molecule has 6 nitrogen and oxygen atoms in total. The van der Waals surface area contributed by atoms with Crippen LogP contribution in [0.4, 0.5) is 0 Å². The summed E-state index contributed by atoms with van der Waals surface area (Å²) in [6, 6.07) is 26.0. The molecule has 0 N–H and O–H groups in total. The number of hydrogen-bond acceptors (Lipinski definition) is 6. The molecule has 0 aliphatic carbocycles. The van der Waals surface area contributed by atoms with Crippen LogP contribution >= 0.6 is 22.7 Å². The Hall–Kier alpha value is -4.14. The van der Waals surface area contributed by atoms with Crippen molar-refractivity contribution < 1.29 is 19.1 Å². The lowest BCUT2D eigenvalue weighted by Crippen LogP contribution is -2.30. The molecule has 0 saturated carbocycles. The molecule has 466 valence electrons. The summed E-state index contributed by atoms with van der Waals surface area (Å²) in [5, 5.41) is 0. The van der Waals surface area contributed by atoms with Gasteiger partial charge in [0.25, 0.3) is 11.8 Å². The van der Waals surface area contributed by atoms with Gasteiger partial charge in [0.1, 0.15) is 11.5 Å². The molecule has 0 fully saturated rings. The molecule has 6 rings (SSSR count). The highest BCUT2D eigenvalue weighted by atomic mass is 32.1. The van der Waals surface area contributed by atoms with Crippen molar-refractivity contribution in [2.24, 2.45) is 11.8 Å². The van der Waals surface area contributed by atoms with Gasteiger partial charge in [-0.25, -0.2) is 0 Å². The Balaban J connectivity index is 1.01. The Morgan fingerprint density at radius 3 is 0.940 bits per heavy atom. The lowest BCUT2D eigenvalue weighted by Gasteiger charge is -2.24. The molecule has 2 aliphatic heterocycles. The SMILES string of the molecule is CCCCCCCCCCC(CCCCCCCC)COc1ccc(CCCCN2C(=O)C3=C(c4ccc(C)s4)N(CCCCc4ccc(OCC(CCCCCCCC)CCCCCCCCCC)cc4)C(=O)C3=C2c2ccc(C)s2)cc1. The molecule has 84 heavy (non-hydrogen) atoms. The molecule has 0 spiro atoms. The molecule has 8 heteroatoms. The molecule has 4 heterocycles. The van der Waals surface area contributed by atoms with Gasteiger partial charge in [-0.15, -0.1) is 22.7 Å². The van der Waals surface area contributed by atoms with Crippen molar-refractivity contribution in [3.8, 4) is 11.5 Å². The highest BCUT2D eigenvalue weighted by molar-refractivity contribution is 7.13. The molecule has 0 bridgehead atoms. The predicted molar refractivity (Wildman–Crippen MR) is 363 cm³/mol. The van der Waals surface area contributed by atoms with E-state index in [4.69, 9.17) is 9.47 Å². The average Bonchev–Trinajstić information content (AvgIpc) is 1.85. The fraction of sp³-hybridized carbons (Fsp3) is 0.658. The Kier molecular flexibility index (Phi) is 33.7. The number of thiophene rings is 2. The highest BCUT2D eigenvalue weighted by Gasteiger charge is 2.49. The van der Waals surface area contributed by atoms with Crippen LogP contribution in [0, 0.1) is 25.7 Å². The zero-order valence-corrected chi connectivity index (χ0v) is 55.8. The van der Waals surface area contributed by atoms with E-state index in [0.717, 1.165) is 84.4 Å². The molecule has 2 aromatic carbocycles. The van der Waals surface area contributed by atoms with Crippen molar-refractivity contribution in [1.29, 1.82) is 0 Å². The third kappa shape index (κ3) is 24.2. The van der Waals surface area contributed by atoms with E-state index in [0.29, 0.717) is 36.1 Å². The minimum absolute atomic E-state index is 0.0362. The highest BCUT2D eigenvalue weighted by Crippen LogP contribution is 2.49. The Bertz CT molecular complexity index is 2310. The van der Waals surface area contributed by atoms with Crippen molar-refractivity contribution in [2.75, 3.05) is 26.3 Å². The normalized spacial score (nSPS) is 14.2. The summed E-state index contributed by atoms with van der Waals surface area (Å²) in [7, 11) is 0. The van der Waals surface area contributed by atoms with E-state index >= 15 is 0 Å². The van der Waals surface area contributed by atoms with Gasteiger partial charge in [0.15, 0.2) is 0 Å². The van der Waals surface area contributed by atoms with Crippen molar-refractivity contribution in [3.63, 3.8) is 0 Å². The van der Waals surface area contributed by atoms with Crippen LogP contribution in [0.5, 0.6) is 11.5 Å².